The Morgan fingerprint density at radius 3 is 2.46 bits per heavy atom. The Bertz CT molecular complexity index is 1320. The largest absolute Gasteiger partial charge is 0.393 e. The molecule has 1 aromatic carbocycles. The number of aliphatic hydroxyl groups excluding tert-OH is 1. The molecule has 0 radical (unpaired) electrons. The van der Waals surface area contributed by atoms with Crippen molar-refractivity contribution < 1.29 is 5.11 Å². The summed E-state index contributed by atoms with van der Waals surface area (Å²) < 4.78 is 1.92. The highest BCUT2D eigenvalue weighted by molar-refractivity contribution is 6.04. The first-order chi connectivity index (χ1) is 18.0. The minimum atomic E-state index is -0.271. The molecule has 2 aliphatic carbocycles. The van der Waals surface area contributed by atoms with E-state index in [1.807, 2.05) is 10.8 Å². The lowest BCUT2D eigenvalue weighted by molar-refractivity contribution is 0.104. The lowest BCUT2D eigenvalue weighted by Gasteiger charge is -2.37. The van der Waals surface area contributed by atoms with E-state index in [1.54, 1.807) is 0 Å². The topological polar surface area (TPSA) is 86.5 Å². The van der Waals surface area contributed by atoms with Gasteiger partial charge in [-0.2, -0.15) is 4.98 Å². The average molecular weight is 505 g/mol. The number of nitrogens with one attached hydrogen (secondary N) is 1. The Balaban J connectivity index is 1.36. The maximum Gasteiger partial charge on any atom is 0.260 e. The van der Waals surface area contributed by atoms with Crippen LogP contribution in [0.4, 0.5) is 5.95 Å². The zero-order chi connectivity index (χ0) is 25.5. The quantitative estimate of drug-likeness (QED) is 0.474. The van der Waals surface area contributed by atoms with Gasteiger partial charge in [0.05, 0.1) is 6.10 Å². The monoisotopic (exact) mass is 504 g/mol. The fourth-order valence-corrected chi connectivity index (χ4v) is 6.07. The zero-order valence-corrected chi connectivity index (χ0v) is 22.2. The van der Waals surface area contributed by atoms with Crippen molar-refractivity contribution in [3.63, 3.8) is 0 Å². The predicted molar refractivity (Wildman–Crippen MR) is 148 cm³/mol. The molecule has 0 amide bonds. The summed E-state index contributed by atoms with van der Waals surface area (Å²) in [6.07, 6.45) is 7.15. The molecule has 0 atom stereocenters. The van der Waals surface area contributed by atoms with Crippen molar-refractivity contribution in [3.8, 4) is 0 Å². The van der Waals surface area contributed by atoms with Crippen LogP contribution < -0.4 is 10.9 Å². The van der Waals surface area contributed by atoms with Gasteiger partial charge in [-0.05, 0) is 75.3 Å². The SMILES string of the molecule is CC(C)N1CCN(Cc2ccc3c(c2)c(=O)n([C@H]2CC[C@H](O)CC2)c2nc(NCC4CC4)ncc32)CC1. The number of hydrogen-bond acceptors (Lipinski definition) is 7. The molecule has 2 aromatic heterocycles. The molecule has 3 fully saturated rings. The highest BCUT2D eigenvalue weighted by Gasteiger charge is 2.26. The third kappa shape index (κ3) is 5.24. The molecule has 0 unspecified atom stereocenters. The molecule has 3 aliphatic rings. The van der Waals surface area contributed by atoms with Crippen molar-refractivity contribution in [1.29, 1.82) is 0 Å². The molecule has 2 saturated carbocycles. The lowest BCUT2D eigenvalue weighted by atomic mass is 9.92. The summed E-state index contributed by atoms with van der Waals surface area (Å²) in [5.41, 5.74) is 1.92. The number of aromatic nitrogens is 3. The number of fused-ring (bicyclic) bond motifs is 3. The molecule has 8 nitrogen and oxygen atoms in total. The summed E-state index contributed by atoms with van der Waals surface area (Å²) in [5.74, 6) is 1.31. The molecule has 198 valence electrons. The normalized spacial score (nSPS) is 23.8. The summed E-state index contributed by atoms with van der Waals surface area (Å²) in [5, 5.41) is 16.1. The molecule has 2 N–H and O–H groups in total. The maximum absolute atomic E-state index is 14.1. The molecule has 0 bridgehead atoms. The van der Waals surface area contributed by atoms with Crippen LogP contribution in [-0.2, 0) is 6.54 Å². The first kappa shape index (κ1) is 24.8. The van der Waals surface area contributed by atoms with E-state index in [-0.39, 0.29) is 17.7 Å². The summed E-state index contributed by atoms with van der Waals surface area (Å²) >= 11 is 0. The predicted octanol–water partition coefficient (Wildman–Crippen LogP) is 3.77. The van der Waals surface area contributed by atoms with E-state index in [9.17, 15) is 9.90 Å². The van der Waals surface area contributed by atoms with E-state index in [2.05, 4.69) is 52.1 Å². The van der Waals surface area contributed by atoms with Crippen molar-refractivity contribution in [2.75, 3.05) is 38.0 Å². The van der Waals surface area contributed by atoms with Crippen LogP contribution in [0.1, 0.15) is 64.0 Å². The number of nitrogens with zero attached hydrogens (tertiary/aromatic N) is 5. The highest BCUT2D eigenvalue weighted by atomic mass is 16.3. The van der Waals surface area contributed by atoms with E-state index in [0.717, 1.165) is 81.1 Å². The van der Waals surface area contributed by atoms with Gasteiger partial charge in [-0.1, -0.05) is 12.1 Å². The van der Waals surface area contributed by atoms with Crippen LogP contribution in [0.25, 0.3) is 21.8 Å². The smallest absolute Gasteiger partial charge is 0.260 e. The van der Waals surface area contributed by atoms with Crippen molar-refractivity contribution >= 4 is 27.8 Å². The Kier molecular flexibility index (Phi) is 6.90. The summed E-state index contributed by atoms with van der Waals surface area (Å²) in [4.78, 5) is 28.6. The zero-order valence-electron chi connectivity index (χ0n) is 22.2. The molecular weight excluding hydrogens is 464 g/mol. The fourth-order valence-electron chi connectivity index (χ4n) is 6.07. The van der Waals surface area contributed by atoms with Gasteiger partial charge >= 0.3 is 0 Å². The highest BCUT2D eigenvalue weighted by Crippen LogP contribution is 2.33. The summed E-state index contributed by atoms with van der Waals surface area (Å²) in [7, 11) is 0. The molecule has 6 rings (SSSR count). The third-order valence-electron chi connectivity index (χ3n) is 8.64. The van der Waals surface area contributed by atoms with E-state index >= 15 is 0 Å². The van der Waals surface area contributed by atoms with E-state index in [4.69, 9.17) is 4.98 Å². The fraction of sp³-hybridized carbons (Fsp3) is 0.621. The molecular formula is C29H40N6O2. The summed E-state index contributed by atoms with van der Waals surface area (Å²) in [6, 6.07) is 6.98. The van der Waals surface area contributed by atoms with Gasteiger partial charge in [0, 0.05) is 68.3 Å². The number of anilines is 1. The number of aliphatic hydroxyl groups is 1. The van der Waals surface area contributed by atoms with Crippen molar-refractivity contribution in [2.45, 2.75) is 77.1 Å². The lowest BCUT2D eigenvalue weighted by Crippen LogP contribution is -2.48. The number of pyridine rings is 1. The first-order valence-corrected chi connectivity index (χ1v) is 14.2. The van der Waals surface area contributed by atoms with Crippen molar-refractivity contribution in [3.05, 3.63) is 40.3 Å². The standard InChI is InChI=1S/C29H40N6O2/c1-19(2)34-13-11-33(12-14-34)18-21-5-10-24-25(15-21)28(37)35(22-6-8-23(36)9-7-22)27-26(24)17-31-29(32-27)30-16-20-3-4-20/h5,10,15,17,19-20,22-23,36H,3-4,6-9,11-14,16,18H2,1-2H3,(H,30,31,32)/t22-,23-. The molecule has 37 heavy (non-hydrogen) atoms. The van der Waals surface area contributed by atoms with Gasteiger partial charge in [0.1, 0.15) is 5.65 Å². The van der Waals surface area contributed by atoms with Crippen LogP contribution in [0, 0.1) is 5.92 Å². The van der Waals surface area contributed by atoms with Gasteiger partial charge in [-0.15, -0.1) is 0 Å². The van der Waals surface area contributed by atoms with Crippen LogP contribution in [0.15, 0.2) is 29.2 Å². The molecule has 3 aromatic rings. The van der Waals surface area contributed by atoms with E-state index < -0.39 is 0 Å². The maximum atomic E-state index is 14.1. The molecule has 1 aliphatic heterocycles. The van der Waals surface area contributed by atoms with Gasteiger partial charge in [0.15, 0.2) is 0 Å². The number of hydrogen-bond donors (Lipinski definition) is 2. The van der Waals surface area contributed by atoms with Crippen molar-refractivity contribution in [1.82, 2.24) is 24.3 Å². The van der Waals surface area contributed by atoms with Gasteiger partial charge in [0.2, 0.25) is 5.95 Å². The molecule has 1 saturated heterocycles. The van der Waals surface area contributed by atoms with Gasteiger partial charge in [-0.3, -0.25) is 19.2 Å². The van der Waals surface area contributed by atoms with Crippen LogP contribution in [0.2, 0.25) is 0 Å². The van der Waals surface area contributed by atoms with Crippen LogP contribution in [0.5, 0.6) is 0 Å². The second-order valence-electron chi connectivity index (χ2n) is 11.7. The minimum Gasteiger partial charge on any atom is -0.393 e. The van der Waals surface area contributed by atoms with Crippen LogP contribution in [-0.4, -0.2) is 74.3 Å². The second-order valence-corrected chi connectivity index (χ2v) is 11.7. The van der Waals surface area contributed by atoms with Crippen molar-refractivity contribution in [2.24, 2.45) is 5.92 Å². The molecule has 0 spiro atoms. The van der Waals surface area contributed by atoms with Crippen LogP contribution in [0.3, 0.4) is 0 Å². The van der Waals surface area contributed by atoms with Gasteiger partial charge in [0.25, 0.3) is 5.56 Å². The van der Waals surface area contributed by atoms with Gasteiger partial charge < -0.3 is 10.4 Å². The van der Waals surface area contributed by atoms with Gasteiger partial charge in [-0.25, -0.2) is 4.98 Å². The first-order valence-electron chi connectivity index (χ1n) is 14.2. The minimum absolute atomic E-state index is 0.0298. The summed E-state index contributed by atoms with van der Waals surface area (Å²) in [6.45, 7) is 10.5. The number of rotatable bonds is 7. The molecule has 8 heteroatoms. The third-order valence-corrected chi connectivity index (χ3v) is 8.64. The average Bonchev–Trinajstić information content (AvgIpc) is 3.74. The van der Waals surface area contributed by atoms with E-state index in [1.165, 1.54) is 18.4 Å². The number of benzene rings is 1. The Morgan fingerprint density at radius 2 is 1.76 bits per heavy atom. The Morgan fingerprint density at radius 1 is 1.00 bits per heavy atom. The van der Waals surface area contributed by atoms with Crippen LogP contribution >= 0.6 is 0 Å². The molecule has 3 heterocycles. The Labute approximate surface area is 218 Å². The number of piperazine rings is 1. The Hall–Kier alpha value is -2.55. The van der Waals surface area contributed by atoms with E-state index in [0.29, 0.717) is 23.6 Å². The second kappa shape index (κ2) is 10.3.